The predicted molar refractivity (Wildman–Crippen MR) is 165 cm³/mol. The molecule has 7 nitrogen and oxygen atoms in total. The Labute approximate surface area is 250 Å². The Bertz CT molecular complexity index is 1880. The minimum Gasteiger partial charge on any atom is -0.350 e. The standard InChI is InChI=1S/C36H31N5O2/c42-34-32(24-10-5-2-6-11-24)41(22-29(39-34)16-23-8-3-1-4-9-23)21-28-14-13-25-17-26-19-36(20-27(26)18-31(25)38-28)30-12-7-15-37-33(30)40-35(36)43/h1-15,17-18,29,32H,16,19-22H2,(H,39,42)(H,37,40,43)/t29-,32?,36+/m1/s1. The molecule has 5 aromatic rings. The van der Waals surface area contributed by atoms with E-state index in [1.54, 1.807) is 6.20 Å². The molecule has 0 saturated carbocycles. The van der Waals surface area contributed by atoms with E-state index >= 15 is 0 Å². The number of piperazine rings is 1. The van der Waals surface area contributed by atoms with Gasteiger partial charge >= 0.3 is 0 Å². The summed E-state index contributed by atoms with van der Waals surface area (Å²) in [4.78, 5) is 38.5. The molecule has 1 spiro atoms. The van der Waals surface area contributed by atoms with Crippen LogP contribution in [-0.4, -0.2) is 39.3 Å². The molecule has 3 aliphatic rings. The summed E-state index contributed by atoms with van der Waals surface area (Å²) >= 11 is 0. The number of pyridine rings is 2. The van der Waals surface area contributed by atoms with E-state index in [2.05, 4.69) is 56.9 Å². The second kappa shape index (κ2) is 10.1. The lowest BCUT2D eigenvalue weighted by atomic mass is 9.79. The van der Waals surface area contributed by atoms with E-state index in [0.717, 1.165) is 46.3 Å². The van der Waals surface area contributed by atoms with Crippen molar-refractivity contribution < 1.29 is 9.59 Å². The molecule has 2 amide bonds. The summed E-state index contributed by atoms with van der Waals surface area (Å²) in [6, 6.07) is 32.4. The normalized spacial score (nSPS) is 22.8. The Morgan fingerprint density at radius 3 is 2.44 bits per heavy atom. The second-order valence-corrected chi connectivity index (χ2v) is 12.0. The molecule has 7 heteroatoms. The van der Waals surface area contributed by atoms with E-state index in [9.17, 15) is 9.59 Å². The van der Waals surface area contributed by atoms with Crippen molar-refractivity contribution in [3.05, 3.63) is 137 Å². The third kappa shape index (κ3) is 4.48. The van der Waals surface area contributed by atoms with Gasteiger partial charge in [0.05, 0.1) is 16.6 Å². The lowest BCUT2D eigenvalue weighted by Gasteiger charge is -2.39. The topological polar surface area (TPSA) is 87.2 Å². The van der Waals surface area contributed by atoms with Gasteiger partial charge in [0.15, 0.2) is 0 Å². The molecule has 1 unspecified atom stereocenters. The van der Waals surface area contributed by atoms with Gasteiger partial charge in [-0.2, -0.15) is 0 Å². The van der Waals surface area contributed by atoms with Gasteiger partial charge in [-0.3, -0.25) is 19.5 Å². The van der Waals surface area contributed by atoms with Gasteiger partial charge in [0.25, 0.3) is 0 Å². The van der Waals surface area contributed by atoms with E-state index in [1.165, 1.54) is 11.1 Å². The number of nitrogens with zero attached hydrogens (tertiary/aromatic N) is 3. The number of carbonyl (C=O) groups excluding carboxylic acids is 2. The minimum atomic E-state index is -0.607. The Hall–Kier alpha value is -4.88. The summed E-state index contributed by atoms with van der Waals surface area (Å²) in [6.07, 6.45) is 3.79. The van der Waals surface area contributed by atoms with Crippen LogP contribution in [0, 0.1) is 0 Å². The zero-order valence-electron chi connectivity index (χ0n) is 23.7. The molecular weight excluding hydrogens is 534 g/mol. The Balaban J connectivity index is 1.10. The zero-order chi connectivity index (χ0) is 29.0. The van der Waals surface area contributed by atoms with Crippen molar-refractivity contribution in [2.45, 2.75) is 43.3 Å². The van der Waals surface area contributed by atoms with Crippen LogP contribution in [0.3, 0.4) is 0 Å². The predicted octanol–water partition coefficient (Wildman–Crippen LogP) is 4.90. The maximum Gasteiger partial charge on any atom is 0.242 e. The van der Waals surface area contributed by atoms with E-state index < -0.39 is 5.41 Å². The van der Waals surface area contributed by atoms with Gasteiger partial charge in [-0.05, 0) is 65.8 Å². The van der Waals surface area contributed by atoms with Crippen molar-refractivity contribution in [3.63, 3.8) is 0 Å². The van der Waals surface area contributed by atoms with Crippen LogP contribution in [0.2, 0.25) is 0 Å². The molecule has 1 saturated heterocycles. The van der Waals surface area contributed by atoms with Crippen LogP contribution >= 0.6 is 0 Å². The number of rotatable bonds is 5. The van der Waals surface area contributed by atoms with Crippen molar-refractivity contribution >= 4 is 28.5 Å². The third-order valence-electron chi connectivity index (χ3n) is 9.26. The summed E-state index contributed by atoms with van der Waals surface area (Å²) in [5.74, 6) is 0.719. The van der Waals surface area contributed by atoms with Crippen molar-refractivity contribution in [1.29, 1.82) is 0 Å². The summed E-state index contributed by atoms with van der Waals surface area (Å²) in [5.41, 5.74) is 6.74. The van der Waals surface area contributed by atoms with Crippen molar-refractivity contribution in [1.82, 2.24) is 20.2 Å². The molecule has 3 atom stereocenters. The lowest BCUT2D eigenvalue weighted by Crippen LogP contribution is -2.56. The van der Waals surface area contributed by atoms with E-state index in [4.69, 9.17) is 4.98 Å². The molecule has 212 valence electrons. The molecule has 43 heavy (non-hydrogen) atoms. The molecule has 0 radical (unpaired) electrons. The molecule has 2 aliphatic heterocycles. The molecule has 0 bridgehead atoms. The summed E-state index contributed by atoms with van der Waals surface area (Å²) in [6.45, 7) is 1.27. The first-order chi connectivity index (χ1) is 21.1. The molecule has 4 heterocycles. The Kier molecular flexibility index (Phi) is 6.08. The summed E-state index contributed by atoms with van der Waals surface area (Å²) in [7, 11) is 0. The van der Waals surface area contributed by atoms with Crippen molar-refractivity contribution in [2.24, 2.45) is 0 Å². The molecule has 8 rings (SSSR count). The van der Waals surface area contributed by atoms with E-state index in [1.807, 2.05) is 60.7 Å². The molecule has 3 aromatic carbocycles. The van der Waals surface area contributed by atoms with Gasteiger partial charge in [-0.1, -0.05) is 72.8 Å². The molecular formula is C36H31N5O2. The largest absolute Gasteiger partial charge is 0.350 e. The number of nitrogens with one attached hydrogen (secondary N) is 2. The van der Waals surface area contributed by atoms with Crippen LogP contribution in [-0.2, 0) is 40.8 Å². The van der Waals surface area contributed by atoms with Crippen molar-refractivity contribution in [3.8, 4) is 0 Å². The average Bonchev–Trinajstić information content (AvgIpc) is 3.53. The van der Waals surface area contributed by atoms with Crippen LogP contribution < -0.4 is 10.6 Å². The van der Waals surface area contributed by atoms with E-state index in [-0.39, 0.29) is 23.9 Å². The first-order valence-corrected chi connectivity index (χ1v) is 14.9. The number of anilines is 1. The number of benzene rings is 3. The molecule has 2 aromatic heterocycles. The first-order valence-electron chi connectivity index (χ1n) is 14.9. The van der Waals surface area contributed by atoms with Gasteiger partial charge in [-0.25, -0.2) is 4.98 Å². The number of hydrogen-bond acceptors (Lipinski definition) is 5. The average molecular weight is 566 g/mol. The minimum absolute atomic E-state index is 0.00435. The van der Waals surface area contributed by atoms with Crippen LogP contribution in [0.25, 0.3) is 10.9 Å². The highest BCUT2D eigenvalue weighted by Crippen LogP contribution is 2.47. The Morgan fingerprint density at radius 2 is 1.63 bits per heavy atom. The van der Waals surface area contributed by atoms with Crippen LogP contribution in [0.1, 0.15) is 39.6 Å². The monoisotopic (exact) mass is 565 g/mol. The summed E-state index contributed by atoms with van der Waals surface area (Å²) < 4.78 is 0. The van der Waals surface area contributed by atoms with Crippen molar-refractivity contribution in [2.75, 3.05) is 11.9 Å². The van der Waals surface area contributed by atoms with E-state index in [0.29, 0.717) is 25.2 Å². The highest BCUT2D eigenvalue weighted by molar-refractivity contribution is 6.06. The molecule has 2 N–H and O–H groups in total. The van der Waals surface area contributed by atoms with Gasteiger partial charge in [0, 0.05) is 36.3 Å². The van der Waals surface area contributed by atoms with Crippen LogP contribution in [0.5, 0.6) is 0 Å². The van der Waals surface area contributed by atoms with Crippen LogP contribution in [0.15, 0.2) is 103 Å². The summed E-state index contributed by atoms with van der Waals surface area (Å²) in [5, 5.41) is 7.34. The number of hydrogen-bond donors (Lipinski definition) is 2. The molecule has 1 fully saturated rings. The lowest BCUT2D eigenvalue weighted by molar-refractivity contribution is -0.131. The quantitative estimate of drug-likeness (QED) is 0.317. The SMILES string of the molecule is O=C1N[C@H](Cc2ccccc2)CN(Cc2ccc3cc4c(cc3n2)C[C@]2(C4)C(=O)Nc3ncccc32)C1c1ccccc1. The zero-order valence-corrected chi connectivity index (χ0v) is 23.7. The maximum absolute atomic E-state index is 13.6. The Morgan fingerprint density at radius 1 is 0.860 bits per heavy atom. The number of aromatic nitrogens is 2. The maximum atomic E-state index is 13.6. The van der Waals surface area contributed by atoms with Gasteiger partial charge in [-0.15, -0.1) is 0 Å². The highest BCUT2D eigenvalue weighted by Gasteiger charge is 2.51. The molecule has 1 aliphatic carbocycles. The van der Waals surface area contributed by atoms with Gasteiger partial charge in [0.1, 0.15) is 11.9 Å². The fourth-order valence-electron chi connectivity index (χ4n) is 7.28. The smallest absolute Gasteiger partial charge is 0.242 e. The number of fused-ring (bicyclic) bond motifs is 4. The van der Waals surface area contributed by atoms with Gasteiger partial charge in [0.2, 0.25) is 11.8 Å². The first kappa shape index (κ1) is 25.8. The highest BCUT2D eigenvalue weighted by atomic mass is 16.2. The van der Waals surface area contributed by atoms with Crippen LogP contribution in [0.4, 0.5) is 5.82 Å². The third-order valence-corrected chi connectivity index (χ3v) is 9.26. The fraction of sp³-hybridized carbons (Fsp3) is 0.222. The number of amides is 2. The second-order valence-electron chi connectivity index (χ2n) is 12.0. The van der Waals surface area contributed by atoms with Gasteiger partial charge < -0.3 is 10.6 Å². The fourth-order valence-corrected chi connectivity index (χ4v) is 7.28. The number of carbonyl (C=O) groups is 2.